The predicted octanol–water partition coefficient (Wildman–Crippen LogP) is 6.84. The molecule has 4 N–H and O–H groups in total. The van der Waals surface area contributed by atoms with Crippen molar-refractivity contribution in [3.63, 3.8) is 0 Å². The number of halogens is 2. The van der Waals surface area contributed by atoms with E-state index in [9.17, 15) is 18.4 Å². The Bertz CT molecular complexity index is 1400. The molecule has 3 heterocycles. The van der Waals surface area contributed by atoms with Gasteiger partial charge in [-0.2, -0.15) is 10.2 Å². The minimum Gasteiger partial charge on any atom is -0.364 e. The molecule has 3 aromatic rings. The summed E-state index contributed by atoms with van der Waals surface area (Å²) in [5, 5.41) is 14.3. The number of hydrogen-bond donors (Lipinski definition) is 3. The maximum absolute atomic E-state index is 14.5. The lowest BCUT2D eigenvalue weighted by Crippen LogP contribution is -2.39. The highest BCUT2D eigenvalue weighted by Crippen LogP contribution is 2.48. The van der Waals surface area contributed by atoms with Crippen LogP contribution in [0.1, 0.15) is 117 Å². The van der Waals surface area contributed by atoms with E-state index in [-0.39, 0.29) is 28.9 Å². The normalized spacial score (nSPS) is 17.5. The molecule has 0 saturated heterocycles. The smallest absolute Gasteiger partial charge is 0.281 e. The Balaban J connectivity index is 1.58. The van der Waals surface area contributed by atoms with Crippen molar-refractivity contribution in [3.05, 3.63) is 46.7 Å². The van der Waals surface area contributed by atoms with Crippen LogP contribution in [0, 0.1) is 31.6 Å². The molecule has 11 heteroatoms. The summed E-state index contributed by atoms with van der Waals surface area (Å²) in [5.41, 5.74) is 8.32. The number of alkyl halides is 2. The molecular formula is C32H43F2N7O2. The van der Waals surface area contributed by atoms with E-state index in [1.807, 2.05) is 6.92 Å². The third kappa shape index (κ3) is 6.35. The van der Waals surface area contributed by atoms with Gasteiger partial charge in [0.15, 0.2) is 0 Å². The Morgan fingerprint density at radius 2 is 1.67 bits per heavy atom. The maximum atomic E-state index is 14.5. The van der Waals surface area contributed by atoms with Crippen molar-refractivity contribution >= 4 is 17.6 Å². The van der Waals surface area contributed by atoms with Gasteiger partial charge in [0.1, 0.15) is 17.2 Å². The number of hydrogen-bond acceptors (Lipinski definition) is 5. The number of primary amides is 1. The second-order valence-corrected chi connectivity index (χ2v) is 12.2. The number of rotatable bonds is 10. The van der Waals surface area contributed by atoms with Gasteiger partial charge in [-0.15, -0.1) is 0 Å². The molecule has 2 saturated carbocycles. The summed E-state index contributed by atoms with van der Waals surface area (Å²) in [5.74, 6) is -1.10. The van der Waals surface area contributed by atoms with Crippen molar-refractivity contribution in [1.29, 1.82) is 0 Å². The van der Waals surface area contributed by atoms with Crippen LogP contribution in [-0.4, -0.2) is 36.8 Å². The molecule has 0 aromatic carbocycles. The number of aromatic nitrogens is 5. The Labute approximate surface area is 251 Å². The molecule has 2 aliphatic rings. The lowest BCUT2D eigenvalue weighted by atomic mass is 9.63. The van der Waals surface area contributed by atoms with E-state index < -0.39 is 23.9 Å². The first kappa shape index (κ1) is 30.8. The SMILES string of the molecule is CCn1ncc(C(C(=O)Nc2ccc(-c3c(C)n[nH]c3C)c(C(F)F)n2)C(C2CCCCC2)C2CCCCC2)c1C(N)=O. The molecule has 1 atom stereocenters. The number of nitrogens with one attached hydrogen (secondary N) is 2. The number of aryl methyl sites for hydroxylation is 3. The fraction of sp³-hybridized carbons (Fsp3) is 0.594. The van der Waals surface area contributed by atoms with Gasteiger partial charge in [0.25, 0.3) is 12.3 Å². The Morgan fingerprint density at radius 3 is 2.19 bits per heavy atom. The van der Waals surface area contributed by atoms with Crippen LogP contribution in [0.3, 0.4) is 0 Å². The van der Waals surface area contributed by atoms with Crippen LogP contribution >= 0.6 is 0 Å². The zero-order valence-corrected chi connectivity index (χ0v) is 25.3. The maximum Gasteiger partial charge on any atom is 0.281 e. The molecule has 2 aliphatic carbocycles. The van der Waals surface area contributed by atoms with E-state index in [0.717, 1.165) is 51.4 Å². The lowest BCUT2D eigenvalue weighted by Gasteiger charge is -2.41. The zero-order valence-electron chi connectivity index (χ0n) is 25.3. The van der Waals surface area contributed by atoms with Gasteiger partial charge in [-0.25, -0.2) is 13.8 Å². The number of carbonyl (C=O) groups excluding carboxylic acids is 2. The molecule has 2 fully saturated rings. The summed E-state index contributed by atoms with van der Waals surface area (Å²) in [7, 11) is 0. The number of carbonyl (C=O) groups is 2. The van der Waals surface area contributed by atoms with E-state index in [1.54, 1.807) is 36.9 Å². The van der Waals surface area contributed by atoms with Gasteiger partial charge in [0, 0.05) is 28.9 Å². The van der Waals surface area contributed by atoms with Gasteiger partial charge < -0.3 is 11.1 Å². The summed E-state index contributed by atoms with van der Waals surface area (Å²) in [6, 6.07) is 3.12. The average molecular weight is 596 g/mol. The van der Waals surface area contributed by atoms with Crippen molar-refractivity contribution in [2.75, 3.05) is 5.32 Å². The van der Waals surface area contributed by atoms with Crippen molar-refractivity contribution in [2.45, 2.75) is 104 Å². The van der Waals surface area contributed by atoms with Crippen LogP contribution in [0.25, 0.3) is 11.1 Å². The summed E-state index contributed by atoms with van der Waals surface area (Å²) in [6.45, 7) is 5.82. The van der Waals surface area contributed by atoms with Gasteiger partial charge in [-0.3, -0.25) is 19.4 Å². The molecule has 9 nitrogen and oxygen atoms in total. The lowest BCUT2D eigenvalue weighted by molar-refractivity contribution is -0.120. The fourth-order valence-electron chi connectivity index (χ4n) is 7.70. The Hall–Kier alpha value is -3.63. The molecular weight excluding hydrogens is 552 g/mol. The number of amides is 2. The second kappa shape index (κ2) is 13.3. The van der Waals surface area contributed by atoms with Crippen molar-refractivity contribution < 1.29 is 18.4 Å². The Kier molecular flexibility index (Phi) is 9.56. The fourth-order valence-corrected chi connectivity index (χ4v) is 7.70. The van der Waals surface area contributed by atoms with Gasteiger partial charge in [-0.05, 0) is 50.7 Å². The van der Waals surface area contributed by atoms with Crippen LogP contribution in [0.2, 0.25) is 0 Å². The summed E-state index contributed by atoms with van der Waals surface area (Å²) < 4.78 is 30.3. The third-order valence-electron chi connectivity index (χ3n) is 9.57. The predicted molar refractivity (Wildman–Crippen MR) is 161 cm³/mol. The molecule has 43 heavy (non-hydrogen) atoms. The van der Waals surface area contributed by atoms with E-state index in [1.165, 1.54) is 12.8 Å². The molecule has 0 bridgehead atoms. The first-order chi connectivity index (χ1) is 20.7. The van der Waals surface area contributed by atoms with Crippen molar-refractivity contribution in [3.8, 4) is 11.1 Å². The van der Waals surface area contributed by atoms with Gasteiger partial charge in [0.2, 0.25) is 5.91 Å². The van der Waals surface area contributed by atoms with Crippen molar-refractivity contribution in [1.82, 2.24) is 25.0 Å². The highest BCUT2D eigenvalue weighted by molar-refractivity contribution is 5.99. The zero-order chi connectivity index (χ0) is 30.7. The van der Waals surface area contributed by atoms with Crippen LogP contribution < -0.4 is 11.1 Å². The van der Waals surface area contributed by atoms with Gasteiger partial charge in [0.05, 0.1) is 17.8 Å². The average Bonchev–Trinajstić information content (AvgIpc) is 3.58. The first-order valence-corrected chi connectivity index (χ1v) is 15.7. The summed E-state index contributed by atoms with van der Waals surface area (Å²) >= 11 is 0. The molecule has 3 aromatic heterocycles. The topological polar surface area (TPSA) is 132 Å². The summed E-state index contributed by atoms with van der Waals surface area (Å²) in [6.07, 6.45) is 9.58. The van der Waals surface area contributed by atoms with Gasteiger partial charge >= 0.3 is 0 Å². The molecule has 0 radical (unpaired) electrons. The van der Waals surface area contributed by atoms with Crippen LogP contribution in [0.15, 0.2) is 18.3 Å². The third-order valence-corrected chi connectivity index (χ3v) is 9.57. The van der Waals surface area contributed by atoms with E-state index in [0.29, 0.717) is 40.9 Å². The number of H-pyrrole nitrogens is 1. The number of pyridine rings is 1. The van der Waals surface area contributed by atoms with Crippen LogP contribution in [0.5, 0.6) is 0 Å². The molecule has 0 spiro atoms. The quantitative estimate of drug-likeness (QED) is 0.236. The van der Waals surface area contributed by atoms with Gasteiger partial charge in [-0.1, -0.05) is 64.2 Å². The number of anilines is 1. The minimum atomic E-state index is -2.86. The molecule has 232 valence electrons. The molecule has 2 amide bonds. The first-order valence-electron chi connectivity index (χ1n) is 15.7. The number of nitrogens with two attached hydrogens (primary N) is 1. The van der Waals surface area contributed by atoms with Crippen LogP contribution in [-0.2, 0) is 11.3 Å². The standard InChI is InChI=1S/C32H43F2N7O2/c1-4-41-29(31(35)42)23(17-36-41)27(26(20-11-7-5-8-12-20)21-13-9-6-10-14-21)32(43)38-24-16-15-22(28(37-24)30(33)34)25-18(2)39-40-19(25)3/h15-17,20-21,26-27,30H,4-14H2,1-3H3,(H2,35,42)(H,39,40)(H,37,38,43). The highest BCUT2D eigenvalue weighted by atomic mass is 19.3. The summed E-state index contributed by atoms with van der Waals surface area (Å²) in [4.78, 5) is 31.5. The molecule has 1 unspecified atom stereocenters. The molecule has 0 aliphatic heterocycles. The molecule has 5 rings (SSSR count). The number of nitrogens with zero attached hydrogens (tertiary/aromatic N) is 4. The monoisotopic (exact) mass is 595 g/mol. The van der Waals surface area contributed by atoms with E-state index in [2.05, 4.69) is 25.6 Å². The second-order valence-electron chi connectivity index (χ2n) is 12.2. The van der Waals surface area contributed by atoms with Crippen LogP contribution in [0.4, 0.5) is 14.6 Å². The van der Waals surface area contributed by atoms with Crippen molar-refractivity contribution in [2.24, 2.45) is 23.5 Å². The number of aromatic amines is 1. The van der Waals surface area contributed by atoms with E-state index >= 15 is 0 Å². The minimum absolute atomic E-state index is 0.0294. The van der Waals surface area contributed by atoms with E-state index in [4.69, 9.17) is 5.73 Å². The Morgan fingerprint density at radius 1 is 1.05 bits per heavy atom. The largest absolute Gasteiger partial charge is 0.364 e. The highest BCUT2D eigenvalue weighted by Gasteiger charge is 2.43.